The molecule has 0 unspecified atom stereocenters. The number of rotatable bonds is 4. The summed E-state index contributed by atoms with van der Waals surface area (Å²) in [6, 6.07) is 8.36. The smallest absolute Gasteiger partial charge is 0.128 e. The molecule has 6 rings (SSSR count). The van der Waals surface area contributed by atoms with Gasteiger partial charge in [0.15, 0.2) is 0 Å². The van der Waals surface area contributed by atoms with Crippen molar-refractivity contribution in [1.82, 2.24) is 25.2 Å². The summed E-state index contributed by atoms with van der Waals surface area (Å²) in [7, 11) is 0. The molecule has 3 aliphatic rings. The minimum absolute atomic E-state index is 0.107. The number of fused-ring (bicyclic) bond motifs is 2. The van der Waals surface area contributed by atoms with Crippen LogP contribution in [0.2, 0.25) is 0 Å². The van der Waals surface area contributed by atoms with Crippen molar-refractivity contribution in [3.63, 3.8) is 0 Å². The van der Waals surface area contributed by atoms with Crippen LogP contribution in [-0.4, -0.2) is 84.4 Å². The Kier molecular flexibility index (Phi) is 6.40. The molecule has 186 valence electrons. The molecular formula is C27H32N8O. The molecule has 0 saturated carbocycles. The Morgan fingerprint density at radius 1 is 1.03 bits per heavy atom. The summed E-state index contributed by atoms with van der Waals surface area (Å²) in [5.74, 6) is 1.10. The summed E-state index contributed by atoms with van der Waals surface area (Å²) in [4.78, 5) is 21.0. The van der Waals surface area contributed by atoms with Crippen molar-refractivity contribution in [1.29, 1.82) is 5.26 Å². The first-order valence-corrected chi connectivity index (χ1v) is 12.9. The fourth-order valence-electron chi connectivity index (χ4n) is 5.70. The van der Waals surface area contributed by atoms with Gasteiger partial charge in [-0.2, -0.15) is 5.26 Å². The van der Waals surface area contributed by atoms with Gasteiger partial charge in [-0.25, -0.2) is 4.98 Å². The molecule has 3 aliphatic heterocycles. The number of nitriles is 1. The lowest BCUT2D eigenvalue weighted by Gasteiger charge is -2.42. The van der Waals surface area contributed by atoms with Crippen LogP contribution in [0.4, 0.5) is 11.5 Å². The van der Waals surface area contributed by atoms with Crippen molar-refractivity contribution in [3.8, 4) is 6.07 Å². The van der Waals surface area contributed by atoms with Crippen molar-refractivity contribution < 1.29 is 4.74 Å². The maximum absolute atomic E-state index is 9.48. The van der Waals surface area contributed by atoms with Crippen LogP contribution in [0.1, 0.15) is 23.6 Å². The van der Waals surface area contributed by atoms with Gasteiger partial charge in [-0.05, 0) is 49.2 Å². The van der Waals surface area contributed by atoms with Gasteiger partial charge in [-0.3, -0.25) is 14.9 Å². The van der Waals surface area contributed by atoms with Crippen LogP contribution in [0, 0.1) is 11.3 Å². The Balaban J connectivity index is 1.11. The van der Waals surface area contributed by atoms with E-state index in [9.17, 15) is 5.26 Å². The highest BCUT2D eigenvalue weighted by Crippen LogP contribution is 2.29. The van der Waals surface area contributed by atoms with Gasteiger partial charge in [-0.1, -0.05) is 0 Å². The van der Waals surface area contributed by atoms with E-state index in [0.717, 1.165) is 82.3 Å². The second kappa shape index (κ2) is 9.97. The molecule has 0 spiro atoms. The number of pyridine rings is 1. The first-order valence-electron chi connectivity index (χ1n) is 12.9. The SMILES string of the molecule is C[C@@H]1CN(c2ccc(C#N)c3nccnc23)C[C@H](CN2CCN(c3cc4c(cn3)CCNC4)CC2)O1. The molecule has 0 aliphatic carbocycles. The summed E-state index contributed by atoms with van der Waals surface area (Å²) in [5.41, 5.74) is 5.79. The van der Waals surface area contributed by atoms with Crippen molar-refractivity contribution >= 4 is 22.5 Å². The highest BCUT2D eigenvalue weighted by molar-refractivity contribution is 5.92. The molecule has 2 fully saturated rings. The van der Waals surface area contributed by atoms with Gasteiger partial charge < -0.3 is 19.9 Å². The zero-order valence-corrected chi connectivity index (χ0v) is 20.7. The number of nitrogens with zero attached hydrogens (tertiary/aromatic N) is 7. The van der Waals surface area contributed by atoms with Crippen LogP contribution in [0.5, 0.6) is 0 Å². The third-order valence-electron chi connectivity index (χ3n) is 7.50. The quantitative estimate of drug-likeness (QED) is 0.596. The van der Waals surface area contributed by atoms with Crippen LogP contribution in [0.3, 0.4) is 0 Å². The molecule has 3 aromatic rings. The summed E-state index contributed by atoms with van der Waals surface area (Å²) >= 11 is 0. The van der Waals surface area contributed by atoms with E-state index < -0.39 is 0 Å². The Morgan fingerprint density at radius 2 is 1.86 bits per heavy atom. The van der Waals surface area contributed by atoms with E-state index in [1.165, 1.54) is 11.1 Å². The van der Waals surface area contributed by atoms with Gasteiger partial charge in [0.25, 0.3) is 0 Å². The first-order chi connectivity index (χ1) is 17.7. The van der Waals surface area contributed by atoms with Gasteiger partial charge >= 0.3 is 0 Å². The minimum Gasteiger partial charge on any atom is -0.370 e. The van der Waals surface area contributed by atoms with Crippen molar-refractivity contribution in [3.05, 3.63) is 53.5 Å². The van der Waals surface area contributed by atoms with E-state index in [4.69, 9.17) is 9.72 Å². The van der Waals surface area contributed by atoms with Crippen LogP contribution in [-0.2, 0) is 17.7 Å². The average molecular weight is 485 g/mol. The van der Waals surface area contributed by atoms with Crippen LogP contribution in [0.15, 0.2) is 36.8 Å². The lowest BCUT2D eigenvalue weighted by atomic mass is 10.0. The highest BCUT2D eigenvalue weighted by Gasteiger charge is 2.30. The number of benzene rings is 1. The predicted octanol–water partition coefficient (Wildman–Crippen LogP) is 1.96. The van der Waals surface area contributed by atoms with E-state index >= 15 is 0 Å². The third kappa shape index (κ3) is 4.60. The lowest BCUT2D eigenvalue weighted by Crippen LogP contribution is -2.54. The maximum Gasteiger partial charge on any atom is 0.128 e. The van der Waals surface area contributed by atoms with E-state index in [1.54, 1.807) is 12.4 Å². The molecular weight excluding hydrogens is 452 g/mol. The number of hydrogen-bond donors (Lipinski definition) is 1. The molecule has 2 saturated heterocycles. The van der Waals surface area contributed by atoms with E-state index in [1.807, 2.05) is 12.1 Å². The summed E-state index contributed by atoms with van der Waals surface area (Å²) in [6.45, 7) is 10.5. The standard InChI is InChI=1S/C27H32N8O/c1-19-16-35(24-3-2-20(13-28)26-27(24)31-7-6-30-26)18-23(36-19)17-33-8-10-34(11-9-33)25-12-22-14-29-5-4-21(22)15-32-25/h2-3,6-7,12,15,19,23,29H,4-5,8-11,14,16-18H2,1H3/t19-,23+/m1/s1. The fraction of sp³-hybridized carbons (Fsp3) is 0.481. The van der Waals surface area contributed by atoms with Crippen LogP contribution >= 0.6 is 0 Å². The molecule has 5 heterocycles. The number of anilines is 2. The summed E-state index contributed by atoms with van der Waals surface area (Å²) in [5, 5.41) is 12.9. The second-order valence-corrected chi connectivity index (χ2v) is 10.00. The van der Waals surface area contributed by atoms with Crippen molar-refractivity contribution in [2.24, 2.45) is 0 Å². The highest BCUT2D eigenvalue weighted by atomic mass is 16.5. The summed E-state index contributed by atoms with van der Waals surface area (Å²) in [6.07, 6.45) is 6.70. The molecule has 1 aromatic carbocycles. The maximum atomic E-state index is 9.48. The number of morpholine rings is 1. The molecule has 0 bridgehead atoms. The molecule has 2 atom stereocenters. The topological polar surface area (TPSA) is 93.4 Å². The average Bonchev–Trinajstić information content (AvgIpc) is 2.92. The van der Waals surface area contributed by atoms with Gasteiger partial charge in [0.2, 0.25) is 0 Å². The molecule has 2 aromatic heterocycles. The lowest BCUT2D eigenvalue weighted by molar-refractivity contribution is -0.0327. The van der Waals surface area contributed by atoms with Crippen LogP contribution < -0.4 is 15.1 Å². The largest absolute Gasteiger partial charge is 0.370 e. The minimum atomic E-state index is 0.107. The zero-order chi connectivity index (χ0) is 24.5. The molecule has 9 heteroatoms. The molecule has 0 radical (unpaired) electrons. The van der Waals surface area contributed by atoms with Gasteiger partial charge in [0.1, 0.15) is 22.9 Å². The predicted molar refractivity (Wildman–Crippen MR) is 139 cm³/mol. The zero-order valence-electron chi connectivity index (χ0n) is 20.7. The molecule has 9 nitrogen and oxygen atoms in total. The van der Waals surface area contributed by atoms with E-state index in [2.05, 4.69) is 55.2 Å². The van der Waals surface area contributed by atoms with Crippen molar-refractivity contribution in [2.75, 3.05) is 62.2 Å². The fourth-order valence-corrected chi connectivity index (χ4v) is 5.70. The van der Waals surface area contributed by atoms with Crippen molar-refractivity contribution in [2.45, 2.75) is 32.1 Å². The van der Waals surface area contributed by atoms with E-state index in [0.29, 0.717) is 11.1 Å². The molecule has 36 heavy (non-hydrogen) atoms. The molecule has 1 N–H and O–H groups in total. The summed E-state index contributed by atoms with van der Waals surface area (Å²) < 4.78 is 6.37. The Labute approximate surface area is 211 Å². The number of ether oxygens (including phenoxy) is 1. The van der Waals surface area contributed by atoms with Gasteiger partial charge in [0, 0.05) is 70.9 Å². The van der Waals surface area contributed by atoms with Crippen LogP contribution in [0.25, 0.3) is 11.0 Å². The Bertz CT molecular complexity index is 1280. The monoisotopic (exact) mass is 484 g/mol. The number of aromatic nitrogens is 3. The third-order valence-corrected chi connectivity index (χ3v) is 7.50. The molecule has 0 amide bonds. The Hall–Kier alpha value is -3.32. The van der Waals surface area contributed by atoms with Gasteiger partial charge in [0.05, 0.1) is 23.5 Å². The first kappa shape index (κ1) is 23.1. The normalized spacial score (nSPS) is 22.9. The van der Waals surface area contributed by atoms with E-state index in [-0.39, 0.29) is 12.2 Å². The second-order valence-electron chi connectivity index (χ2n) is 10.00. The number of hydrogen-bond acceptors (Lipinski definition) is 9. The Morgan fingerprint density at radius 3 is 2.69 bits per heavy atom. The number of piperazine rings is 1. The number of nitrogens with one attached hydrogen (secondary N) is 1. The van der Waals surface area contributed by atoms with Gasteiger partial charge in [-0.15, -0.1) is 0 Å².